The molecule has 1 aromatic rings. The van der Waals surface area contributed by atoms with E-state index in [2.05, 4.69) is 6.92 Å². The molecule has 3 nitrogen and oxygen atoms in total. The summed E-state index contributed by atoms with van der Waals surface area (Å²) in [6, 6.07) is 5.39. The quantitative estimate of drug-likeness (QED) is 0.719. The Balaban J connectivity index is 2.28. The van der Waals surface area contributed by atoms with E-state index in [4.69, 9.17) is 9.47 Å². The lowest BCUT2D eigenvalue weighted by Gasteiger charge is -2.08. The first-order chi connectivity index (χ1) is 7.70. The number of hydrogen-bond donors (Lipinski definition) is 0. The van der Waals surface area contributed by atoms with Crippen molar-refractivity contribution in [3.05, 3.63) is 23.8 Å². The average molecular weight is 220 g/mol. The maximum Gasteiger partial charge on any atom is 0.162 e. The van der Waals surface area contributed by atoms with Crippen LogP contribution in [-0.2, 0) is 0 Å². The van der Waals surface area contributed by atoms with Gasteiger partial charge in [-0.1, -0.05) is 13.8 Å². The second-order valence-electron chi connectivity index (χ2n) is 4.17. The second kappa shape index (κ2) is 4.56. The van der Waals surface area contributed by atoms with Crippen molar-refractivity contribution in [1.29, 1.82) is 0 Å². The number of fused-ring (bicyclic) bond motifs is 1. The molecule has 0 amide bonds. The second-order valence-corrected chi connectivity index (χ2v) is 4.17. The zero-order valence-electron chi connectivity index (χ0n) is 9.66. The van der Waals surface area contributed by atoms with E-state index in [1.807, 2.05) is 13.0 Å². The van der Waals surface area contributed by atoms with E-state index in [0.29, 0.717) is 36.9 Å². The molecule has 0 spiro atoms. The Morgan fingerprint density at radius 1 is 1.31 bits per heavy atom. The first kappa shape index (κ1) is 11.0. The summed E-state index contributed by atoms with van der Waals surface area (Å²) in [6.07, 6.45) is 0.510. The summed E-state index contributed by atoms with van der Waals surface area (Å²) >= 11 is 0. The largest absolute Gasteiger partial charge is 0.489 e. The first-order valence-corrected chi connectivity index (χ1v) is 5.63. The molecule has 1 aliphatic heterocycles. The Morgan fingerprint density at radius 2 is 2.00 bits per heavy atom. The molecule has 0 radical (unpaired) electrons. The molecule has 1 heterocycles. The van der Waals surface area contributed by atoms with E-state index in [1.54, 1.807) is 12.1 Å². The molecule has 16 heavy (non-hydrogen) atoms. The van der Waals surface area contributed by atoms with Crippen LogP contribution < -0.4 is 9.47 Å². The highest BCUT2D eigenvalue weighted by Crippen LogP contribution is 2.31. The van der Waals surface area contributed by atoms with E-state index in [1.165, 1.54) is 0 Å². The molecule has 86 valence electrons. The summed E-state index contributed by atoms with van der Waals surface area (Å²) in [5.41, 5.74) is 0.694. The van der Waals surface area contributed by atoms with Crippen molar-refractivity contribution in [3.63, 3.8) is 0 Å². The molecule has 0 N–H and O–H groups in total. The van der Waals surface area contributed by atoms with Gasteiger partial charge in [0.25, 0.3) is 0 Å². The van der Waals surface area contributed by atoms with Crippen molar-refractivity contribution in [2.75, 3.05) is 13.2 Å². The molecular weight excluding hydrogens is 204 g/mol. The highest BCUT2D eigenvalue weighted by molar-refractivity contribution is 5.96. The number of hydrogen-bond acceptors (Lipinski definition) is 3. The van der Waals surface area contributed by atoms with Crippen molar-refractivity contribution in [3.8, 4) is 11.5 Å². The lowest BCUT2D eigenvalue weighted by atomic mass is 10.1. The molecule has 1 atom stereocenters. The summed E-state index contributed by atoms with van der Waals surface area (Å²) in [7, 11) is 0. The molecule has 3 heteroatoms. The number of ether oxygens (including phenoxy) is 2. The van der Waals surface area contributed by atoms with Crippen LogP contribution in [0.4, 0.5) is 0 Å². The minimum atomic E-state index is 0.128. The van der Waals surface area contributed by atoms with Crippen LogP contribution >= 0.6 is 0 Å². The smallest absolute Gasteiger partial charge is 0.162 e. The van der Waals surface area contributed by atoms with Crippen LogP contribution in [0.15, 0.2) is 18.2 Å². The number of rotatable bonds is 2. The van der Waals surface area contributed by atoms with E-state index in [-0.39, 0.29) is 5.78 Å². The fourth-order valence-corrected chi connectivity index (χ4v) is 1.63. The topological polar surface area (TPSA) is 35.5 Å². The number of benzene rings is 1. The minimum absolute atomic E-state index is 0.128. The Kier molecular flexibility index (Phi) is 3.13. The van der Waals surface area contributed by atoms with Gasteiger partial charge in [-0.05, 0) is 18.2 Å². The van der Waals surface area contributed by atoms with Crippen LogP contribution in [0.25, 0.3) is 0 Å². The van der Waals surface area contributed by atoms with Gasteiger partial charge in [-0.2, -0.15) is 0 Å². The molecule has 1 aromatic carbocycles. The zero-order valence-corrected chi connectivity index (χ0v) is 9.66. The fraction of sp³-hybridized carbons (Fsp3) is 0.462. The standard InChI is InChI=1S/C13H16O3/c1-3-11(14)10-4-5-12-13(6-10)16-8-9(2)7-15-12/h4-6,9H,3,7-8H2,1-2H3. The minimum Gasteiger partial charge on any atom is -0.489 e. The Morgan fingerprint density at radius 3 is 2.69 bits per heavy atom. The van der Waals surface area contributed by atoms with E-state index < -0.39 is 0 Å². The summed E-state index contributed by atoms with van der Waals surface area (Å²) in [5.74, 6) is 1.92. The number of carbonyl (C=O) groups is 1. The van der Waals surface area contributed by atoms with Gasteiger partial charge in [0.2, 0.25) is 0 Å². The predicted octanol–water partition coefficient (Wildman–Crippen LogP) is 2.69. The normalized spacial score (nSPS) is 19.0. The lowest BCUT2D eigenvalue weighted by molar-refractivity contribution is 0.0987. The molecular formula is C13H16O3. The van der Waals surface area contributed by atoms with Gasteiger partial charge in [0.15, 0.2) is 17.3 Å². The summed E-state index contributed by atoms with van der Waals surface area (Å²) in [6.45, 7) is 5.22. The van der Waals surface area contributed by atoms with Gasteiger partial charge in [0.05, 0.1) is 13.2 Å². The third-order valence-electron chi connectivity index (χ3n) is 2.63. The van der Waals surface area contributed by atoms with Gasteiger partial charge in [-0.3, -0.25) is 4.79 Å². The van der Waals surface area contributed by atoms with Crippen LogP contribution in [0, 0.1) is 5.92 Å². The fourth-order valence-electron chi connectivity index (χ4n) is 1.63. The summed E-state index contributed by atoms with van der Waals surface area (Å²) in [4.78, 5) is 11.6. The van der Waals surface area contributed by atoms with E-state index in [9.17, 15) is 4.79 Å². The van der Waals surface area contributed by atoms with Crippen LogP contribution in [0.1, 0.15) is 30.6 Å². The van der Waals surface area contributed by atoms with E-state index >= 15 is 0 Å². The van der Waals surface area contributed by atoms with Crippen molar-refractivity contribution in [2.24, 2.45) is 5.92 Å². The third-order valence-corrected chi connectivity index (χ3v) is 2.63. The molecule has 0 saturated heterocycles. The molecule has 1 aliphatic rings. The van der Waals surface area contributed by atoms with Crippen LogP contribution in [0.5, 0.6) is 11.5 Å². The monoisotopic (exact) mass is 220 g/mol. The Hall–Kier alpha value is -1.51. The number of Topliss-reactive ketones (excluding diaryl/α,β-unsaturated/α-hetero) is 1. The van der Waals surface area contributed by atoms with E-state index in [0.717, 1.165) is 5.75 Å². The van der Waals surface area contributed by atoms with Gasteiger partial charge < -0.3 is 9.47 Å². The van der Waals surface area contributed by atoms with Gasteiger partial charge in [-0.25, -0.2) is 0 Å². The maximum atomic E-state index is 11.6. The van der Waals surface area contributed by atoms with Crippen molar-refractivity contribution < 1.29 is 14.3 Å². The van der Waals surface area contributed by atoms with Gasteiger partial charge >= 0.3 is 0 Å². The molecule has 0 fully saturated rings. The average Bonchev–Trinajstić information content (AvgIpc) is 2.50. The molecule has 2 rings (SSSR count). The maximum absolute atomic E-state index is 11.6. The van der Waals surface area contributed by atoms with Gasteiger partial charge in [0.1, 0.15) is 0 Å². The highest BCUT2D eigenvalue weighted by Gasteiger charge is 2.16. The molecule has 0 bridgehead atoms. The first-order valence-electron chi connectivity index (χ1n) is 5.63. The van der Waals surface area contributed by atoms with Crippen LogP contribution in [-0.4, -0.2) is 19.0 Å². The zero-order chi connectivity index (χ0) is 11.5. The predicted molar refractivity (Wildman–Crippen MR) is 61.2 cm³/mol. The molecule has 0 aliphatic carbocycles. The lowest BCUT2D eigenvalue weighted by Crippen LogP contribution is -2.12. The summed E-state index contributed by atoms with van der Waals surface area (Å²) < 4.78 is 11.2. The molecule has 0 saturated carbocycles. The molecule has 0 aromatic heterocycles. The highest BCUT2D eigenvalue weighted by atomic mass is 16.5. The van der Waals surface area contributed by atoms with Crippen molar-refractivity contribution >= 4 is 5.78 Å². The SMILES string of the molecule is CCC(=O)c1ccc2c(c1)OCC(C)CO2. The molecule has 1 unspecified atom stereocenters. The number of carbonyl (C=O) groups excluding carboxylic acids is 1. The van der Waals surface area contributed by atoms with Gasteiger partial charge in [-0.15, -0.1) is 0 Å². The summed E-state index contributed by atoms with van der Waals surface area (Å²) in [5, 5.41) is 0. The van der Waals surface area contributed by atoms with Crippen LogP contribution in [0.3, 0.4) is 0 Å². The van der Waals surface area contributed by atoms with Crippen LogP contribution in [0.2, 0.25) is 0 Å². The Labute approximate surface area is 95.4 Å². The van der Waals surface area contributed by atoms with Crippen molar-refractivity contribution in [2.45, 2.75) is 20.3 Å². The Bertz CT molecular complexity index is 398. The third kappa shape index (κ3) is 2.18. The van der Waals surface area contributed by atoms with Crippen molar-refractivity contribution in [1.82, 2.24) is 0 Å². The van der Waals surface area contributed by atoms with Gasteiger partial charge in [0, 0.05) is 17.9 Å². The number of ketones is 1.